The number of hydrogen-bond acceptors (Lipinski definition) is 9. The summed E-state index contributed by atoms with van der Waals surface area (Å²) in [6.45, 7) is 8.21. The number of carboxylic acid groups (broad SMARTS) is 1. The zero-order chi connectivity index (χ0) is 36.8. The quantitative estimate of drug-likeness (QED) is 0.174. The molecule has 15 heteroatoms. The third kappa shape index (κ3) is 9.63. The monoisotopic (exact) mass is 732 g/mol. The molecule has 3 amide bonds. The van der Waals surface area contributed by atoms with E-state index in [9.17, 15) is 28.2 Å². The summed E-state index contributed by atoms with van der Waals surface area (Å²) in [4.78, 5) is 26.2. The average molecular weight is 733 g/mol. The lowest BCUT2D eigenvalue weighted by molar-refractivity contribution is -0.0906. The van der Waals surface area contributed by atoms with Gasteiger partial charge in [-0.15, -0.1) is 0 Å². The summed E-state index contributed by atoms with van der Waals surface area (Å²) in [5.74, 6) is 0.197. The van der Waals surface area contributed by atoms with Crippen LogP contribution in [0.1, 0.15) is 58.9 Å². The normalized spacial score (nSPS) is 21.0. The molecule has 2 saturated heterocycles. The van der Waals surface area contributed by atoms with Gasteiger partial charge in [0.1, 0.15) is 4.90 Å². The van der Waals surface area contributed by atoms with Crippen LogP contribution in [0.25, 0.3) is 0 Å². The van der Waals surface area contributed by atoms with Crippen molar-refractivity contribution in [3.05, 3.63) is 54.1 Å². The highest BCUT2D eigenvalue weighted by Crippen LogP contribution is 2.41. The van der Waals surface area contributed by atoms with Crippen LogP contribution in [0, 0.1) is 11.3 Å². The summed E-state index contributed by atoms with van der Waals surface area (Å²) >= 11 is 0. The third-order valence-corrected chi connectivity index (χ3v) is 11.5. The number of para-hydroxylation sites is 1. The summed E-state index contributed by atoms with van der Waals surface area (Å²) in [6.07, 6.45) is -0.407. The van der Waals surface area contributed by atoms with Gasteiger partial charge in [0.15, 0.2) is 17.8 Å². The number of hydrogen-bond donors (Lipinski definition) is 4. The predicted molar refractivity (Wildman–Crippen MR) is 188 cm³/mol. The topological polar surface area (TPSA) is 176 Å². The number of nitrogens with one attached hydrogen (secondary N) is 2. The van der Waals surface area contributed by atoms with Gasteiger partial charge >= 0.3 is 12.1 Å². The number of carbonyl (C=O) groups is 2. The highest BCUT2D eigenvalue weighted by atomic mass is 32.2. The van der Waals surface area contributed by atoms with E-state index in [-0.39, 0.29) is 61.5 Å². The van der Waals surface area contributed by atoms with E-state index in [2.05, 4.69) is 10.6 Å². The molecule has 0 bridgehead atoms. The van der Waals surface area contributed by atoms with E-state index in [1.807, 2.05) is 58.0 Å². The standard InChI is InChI=1S/C36H52N4O10S/c1-24(2)38-34(42)37-17-9-8-16-36(3,4)22-39(51(45,46)31-14-10-13-30-32(31)50-23-49-30)20-29(41)27(19-25-11-6-5-7-12-25)40(35(43)44)28-21-48-33-26(28)15-18-47-33/h5-7,10-14,24,26-29,33,41H,8-9,15-23H2,1-4H3,(H,43,44)(H2,37,38,42)/t26-,27-,28-,29+,33+/m0/s1. The van der Waals surface area contributed by atoms with Crippen LogP contribution >= 0.6 is 0 Å². The van der Waals surface area contributed by atoms with Gasteiger partial charge in [-0.05, 0) is 62.6 Å². The number of benzene rings is 2. The van der Waals surface area contributed by atoms with Gasteiger partial charge in [0.05, 0.1) is 31.4 Å². The van der Waals surface area contributed by atoms with E-state index >= 15 is 0 Å². The molecule has 14 nitrogen and oxygen atoms in total. The zero-order valence-corrected chi connectivity index (χ0v) is 30.6. The van der Waals surface area contributed by atoms with Crippen molar-refractivity contribution in [3.8, 4) is 11.5 Å². The smallest absolute Gasteiger partial charge is 0.407 e. The van der Waals surface area contributed by atoms with Gasteiger partial charge in [-0.1, -0.05) is 56.7 Å². The number of ether oxygens (including phenoxy) is 4. The van der Waals surface area contributed by atoms with E-state index < -0.39 is 46.0 Å². The highest BCUT2D eigenvalue weighted by Gasteiger charge is 2.49. The zero-order valence-electron chi connectivity index (χ0n) is 29.8. The Labute approximate surface area is 300 Å². The maximum atomic E-state index is 14.6. The molecule has 0 aromatic heterocycles. The minimum atomic E-state index is -4.31. The Balaban J connectivity index is 1.42. The van der Waals surface area contributed by atoms with Gasteiger partial charge in [-0.2, -0.15) is 4.31 Å². The molecule has 2 aromatic rings. The number of amides is 3. The van der Waals surface area contributed by atoms with Gasteiger partial charge < -0.3 is 39.8 Å². The summed E-state index contributed by atoms with van der Waals surface area (Å²) in [5, 5.41) is 28.4. The average Bonchev–Trinajstić information content (AvgIpc) is 3.82. The minimum Gasteiger partial charge on any atom is -0.465 e. The molecule has 3 aliphatic heterocycles. The van der Waals surface area contributed by atoms with Crippen LogP contribution in [0.4, 0.5) is 9.59 Å². The Hall–Kier alpha value is -3.63. The number of rotatable bonds is 17. The SMILES string of the molecule is CC(C)NC(=O)NCCCCC(C)(C)CN(C[C@@H](O)[C@H](Cc1ccccc1)N(C(=O)O)[C@H]1CO[C@H]2OCC[C@H]21)S(=O)(=O)c1cccc2c1OCO2. The van der Waals surface area contributed by atoms with E-state index in [4.69, 9.17) is 18.9 Å². The molecule has 5 rings (SSSR count). The Bertz CT molecular complexity index is 1590. The molecule has 3 heterocycles. The second-order valence-electron chi connectivity index (χ2n) is 14.6. The fourth-order valence-corrected chi connectivity index (χ4v) is 8.95. The Morgan fingerprint density at radius 3 is 2.53 bits per heavy atom. The Morgan fingerprint density at radius 2 is 1.80 bits per heavy atom. The van der Waals surface area contributed by atoms with Crippen LogP contribution in [-0.2, 0) is 25.9 Å². The molecule has 282 valence electrons. The van der Waals surface area contributed by atoms with Crippen LogP contribution in [-0.4, -0.2) is 110 Å². The second-order valence-corrected chi connectivity index (χ2v) is 16.5. The van der Waals surface area contributed by atoms with Crippen LogP contribution in [0.2, 0.25) is 0 Å². The van der Waals surface area contributed by atoms with Gasteiger partial charge in [0.2, 0.25) is 16.8 Å². The molecule has 0 unspecified atom stereocenters. The molecular formula is C36H52N4O10S. The Kier molecular flexibility index (Phi) is 12.7. The number of carbonyl (C=O) groups excluding carboxylic acids is 1. The van der Waals surface area contributed by atoms with Crippen LogP contribution in [0.3, 0.4) is 0 Å². The first-order chi connectivity index (χ1) is 24.3. The number of unbranched alkanes of at least 4 members (excludes halogenated alkanes) is 1. The predicted octanol–water partition coefficient (Wildman–Crippen LogP) is 4.02. The number of urea groups is 1. The van der Waals surface area contributed by atoms with Crippen molar-refractivity contribution in [1.82, 2.24) is 19.8 Å². The van der Waals surface area contributed by atoms with Crippen molar-refractivity contribution in [3.63, 3.8) is 0 Å². The lowest BCUT2D eigenvalue weighted by Crippen LogP contribution is -2.58. The maximum absolute atomic E-state index is 14.6. The van der Waals surface area contributed by atoms with Crippen molar-refractivity contribution in [1.29, 1.82) is 0 Å². The van der Waals surface area contributed by atoms with Crippen LogP contribution in [0.5, 0.6) is 11.5 Å². The number of nitrogens with zero attached hydrogens (tertiary/aromatic N) is 2. The molecule has 3 aliphatic rings. The van der Waals surface area contributed by atoms with Gasteiger partial charge in [0, 0.05) is 31.6 Å². The Morgan fingerprint density at radius 1 is 1.04 bits per heavy atom. The first-order valence-electron chi connectivity index (χ1n) is 17.7. The van der Waals surface area contributed by atoms with Crippen molar-refractivity contribution < 1.29 is 47.2 Å². The van der Waals surface area contributed by atoms with Gasteiger partial charge in [0.25, 0.3) is 0 Å². The summed E-state index contributed by atoms with van der Waals surface area (Å²) < 4.78 is 53.0. The largest absolute Gasteiger partial charge is 0.465 e. The molecule has 2 aromatic carbocycles. The van der Waals surface area contributed by atoms with Crippen molar-refractivity contribution in [2.24, 2.45) is 11.3 Å². The molecule has 51 heavy (non-hydrogen) atoms. The number of aliphatic hydroxyl groups excluding tert-OH is 1. The molecule has 4 N–H and O–H groups in total. The third-order valence-electron chi connectivity index (χ3n) is 9.63. The first-order valence-corrected chi connectivity index (χ1v) is 19.1. The maximum Gasteiger partial charge on any atom is 0.407 e. The van der Waals surface area contributed by atoms with E-state index in [0.717, 1.165) is 5.56 Å². The van der Waals surface area contributed by atoms with Crippen molar-refractivity contribution >= 4 is 22.1 Å². The van der Waals surface area contributed by atoms with Crippen molar-refractivity contribution in [2.75, 3.05) is 39.6 Å². The molecule has 0 aliphatic carbocycles. The minimum absolute atomic E-state index is 0.0185. The first kappa shape index (κ1) is 38.6. The molecular weight excluding hydrogens is 680 g/mol. The lowest BCUT2D eigenvalue weighted by Gasteiger charge is -2.40. The number of sulfonamides is 1. The lowest BCUT2D eigenvalue weighted by atomic mass is 9.87. The number of fused-ring (bicyclic) bond motifs is 2. The summed E-state index contributed by atoms with van der Waals surface area (Å²) in [5.41, 5.74) is 0.222. The molecule has 5 atom stereocenters. The molecule has 0 spiro atoms. The van der Waals surface area contributed by atoms with Crippen molar-refractivity contribution in [2.45, 2.75) is 95.2 Å². The fraction of sp³-hybridized carbons (Fsp3) is 0.611. The molecule has 0 saturated carbocycles. The highest BCUT2D eigenvalue weighted by molar-refractivity contribution is 7.89. The molecule has 2 fully saturated rings. The van der Waals surface area contributed by atoms with Gasteiger partial charge in [-0.3, -0.25) is 4.90 Å². The fourth-order valence-electron chi connectivity index (χ4n) is 7.16. The second kappa shape index (κ2) is 16.8. The summed E-state index contributed by atoms with van der Waals surface area (Å²) in [6, 6.07) is 12.1. The van der Waals surface area contributed by atoms with Crippen LogP contribution in [0.15, 0.2) is 53.4 Å². The number of aliphatic hydroxyl groups is 1. The van der Waals surface area contributed by atoms with Crippen LogP contribution < -0.4 is 20.1 Å². The van der Waals surface area contributed by atoms with E-state index in [0.29, 0.717) is 44.6 Å². The summed E-state index contributed by atoms with van der Waals surface area (Å²) in [7, 11) is -4.31. The van der Waals surface area contributed by atoms with E-state index in [1.54, 1.807) is 12.1 Å². The van der Waals surface area contributed by atoms with E-state index in [1.165, 1.54) is 15.3 Å². The van der Waals surface area contributed by atoms with Gasteiger partial charge in [-0.25, -0.2) is 18.0 Å². The molecule has 0 radical (unpaired) electrons.